The quantitative estimate of drug-likeness (QED) is 0.630. The first-order valence-corrected chi connectivity index (χ1v) is 5.00. The van der Waals surface area contributed by atoms with Gasteiger partial charge in [-0.25, -0.2) is 0 Å². The summed E-state index contributed by atoms with van der Waals surface area (Å²) >= 11 is 1.79. The fraction of sp³-hybridized carbons (Fsp3) is 0.556. The van der Waals surface area contributed by atoms with E-state index >= 15 is 0 Å². The van der Waals surface area contributed by atoms with E-state index in [9.17, 15) is 0 Å². The molecule has 0 aromatic carbocycles. The number of allylic oxidation sites excluding steroid dienone is 3. The Labute approximate surface area is 72.5 Å². The minimum atomic E-state index is 0.630. The number of hydrogen-bond donors (Lipinski definition) is 0. The molecule has 0 aliphatic heterocycles. The summed E-state index contributed by atoms with van der Waals surface area (Å²) in [6.07, 6.45) is 7.47. The number of ether oxygens (including phenoxy) is 1. The first-order chi connectivity index (χ1) is 5.29. The molecule has 0 fully saturated rings. The Morgan fingerprint density at radius 2 is 2.36 bits per heavy atom. The van der Waals surface area contributed by atoms with Gasteiger partial charge in [0.15, 0.2) is 0 Å². The molecule has 62 valence electrons. The Kier molecular flexibility index (Phi) is 3.06. The normalized spacial score (nSPS) is 24.1. The lowest BCUT2D eigenvalue weighted by molar-refractivity contribution is 0.299. The summed E-state index contributed by atoms with van der Waals surface area (Å²) in [5, 5.41) is 0. The highest BCUT2D eigenvalue weighted by Gasteiger charge is 2.14. The molecular weight excluding hydrogens is 156 g/mol. The molecule has 11 heavy (non-hydrogen) atoms. The smallest absolute Gasteiger partial charge is 0.128 e. The van der Waals surface area contributed by atoms with Crippen molar-refractivity contribution in [1.82, 2.24) is 0 Å². The first kappa shape index (κ1) is 8.72. The lowest BCUT2D eigenvalue weighted by Crippen LogP contribution is -2.03. The van der Waals surface area contributed by atoms with Crippen molar-refractivity contribution in [2.75, 3.05) is 13.4 Å². The zero-order valence-electron chi connectivity index (χ0n) is 7.26. The molecule has 1 aliphatic carbocycles. The van der Waals surface area contributed by atoms with Crippen LogP contribution in [0.2, 0.25) is 0 Å². The van der Waals surface area contributed by atoms with Crippen LogP contribution in [0.4, 0.5) is 0 Å². The van der Waals surface area contributed by atoms with Crippen molar-refractivity contribution < 1.29 is 4.74 Å². The molecule has 0 N–H and O–H groups in total. The molecule has 1 aliphatic rings. The van der Waals surface area contributed by atoms with E-state index in [1.165, 1.54) is 4.91 Å². The van der Waals surface area contributed by atoms with Crippen LogP contribution in [0.5, 0.6) is 0 Å². The molecule has 0 spiro atoms. The van der Waals surface area contributed by atoms with Crippen molar-refractivity contribution in [2.45, 2.75) is 13.3 Å². The molecule has 1 unspecified atom stereocenters. The van der Waals surface area contributed by atoms with Gasteiger partial charge in [-0.3, -0.25) is 0 Å². The number of thioether (sulfide) groups is 1. The fourth-order valence-electron chi connectivity index (χ4n) is 1.28. The molecule has 1 atom stereocenters. The predicted octanol–water partition coefficient (Wildman–Crippen LogP) is 2.80. The lowest BCUT2D eigenvalue weighted by Gasteiger charge is -2.18. The molecule has 1 rings (SSSR count). The maximum Gasteiger partial charge on any atom is 0.128 e. The highest BCUT2D eigenvalue weighted by atomic mass is 32.2. The maximum absolute atomic E-state index is 5.24. The van der Waals surface area contributed by atoms with E-state index in [2.05, 4.69) is 25.3 Å². The van der Waals surface area contributed by atoms with Gasteiger partial charge in [0.2, 0.25) is 0 Å². The topological polar surface area (TPSA) is 9.23 Å². The summed E-state index contributed by atoms with van der Waals surface area (Å²) in [6.45, 7) is 2.23. The second-order valence-corrected chi connectivity index (χ2v) is 3.52. The molecule has 0 aromatic rings. The molecule has 2 heteroatoms. The van der Waals surface area contributed by atoms with Gasteiger partial charge in [-0.1, -0.05) is 13.0 Å². The Bertz CT molecular complexity index is 194. The van der Waals surface area contributed by atoms with Crippen LogP contribution in [0.15, 0.2) is 22.8 Å². The van der Waals surface area contributed by atoms with Gasteiger partial charge in [0.25, 0.3) is 0 Å². The molecular formula is C9H14OS. The average molecular weight is 170 g/mol. The summed E-state index contributed by atoms with van der Waals surface area (Å²) in [4.78, 5) is 1.37. The number of rotatable bonds is 2. The minimum absolute atomic E-state index is 0.630. The van der Waals surface area contributed by atoms with E-state index in [1.807, 2.05) is 0 Å². The van der Waals surface area contributed by atoms with Crippen LogP contribution in [0.3, 0.4) is 0 Å². The Morgan fingerprint density at radius 3 is 2.82 bits per heavy atom. The highest BCUT2D eigenvalue weighted by molar-refractivity contribution is 8.02. The van der Waals surface area contributed by atoms with Crippen LogP contribution >= 0.6 is 11.8 Å². The van der Waals surface area contributed by atoms with Crippen molar-refractivity contribution in [1.29, 1.82) is 0 Å². The summed E-state index contributed by atoms with van der Waals surface area (Å²) in [5.41, 5.74) is 0. The zero-order valence-corrected chi connectivity index (χ0v) is 8.07. The third kappa shape index (κ3) is 1.80. The summed E-state index contributed by atoms with van der Waals surface area (Å²) in [7, 11) is 1.73. The van der Waals surface area contributed by atoms with E-state index in [0.717, 1.165) is 12.2 Å². The fourth-order valence-corrected chi connectivity index (χ4v) is 2.13. The molecule has 0 bridgehead atoms. The monoisotopic (exact) mass is 170 g/mol. The largest absolute Gasteiger partial charge is 0.496 e. The van der Waals surface area contributed by atoms with Crippen molar-refractivity contribution in [3.8, 4) is 0 Å². The predicted molar refractivity (Wildman–Crippen MR) is 50.5 cm³/mol. The average Bonchev–Trinajstić information content (AvgIpc) is 2.04. The minimum Gasteiger partial charge on any atom is -0.496 e. The van der Waals surface area contributed by atoms with E-state index in [4.69, 9.17) is 4.74 Å². The van der Waals surface area contributed by atoms with Crippen LogP contribution < -0.4 is 0 Å². The van der Waals surface area contributed by atoms with E-state index in [1.54, 1.807) is 18.9 Å². The highest BCUT2D eigenvalue weighted by Crippen LogP contribution is 2.32. The molecule has 1 nitrogen and oxygen atoms in total. The first-order valence-electron chi connectivity index (χ1n) is 3.78. The summed E-state index contributed by atoms with van der Waals surface area (Å²) < 4.78 is 5.24. The standard InChI is InChI=1S/C9H14OS/c1-7-5-4-6-8(10-2)9(7)11-3/h4,6-7H,5H2,1-3H3. The summed E-state index contributed by atoms with van der Waals surface area (Å²) in [6, 6.07) is 0. The SMILES string of the molecule is COC1=C(SC)C(C)CC=C1. The van der Waals surface area contributed by atoms with Crippen molar-refractivity contribution >= 4 is 11.8 Å². The van der Waals surface area contributed by atoms with Crippen molar-refractivity contribution in [2.24, 2.45) is 5.92 Å². The third-order valence-electron chi connectivity index (χ3n) is 1.89. The number of methoxy groups -OCH3 is 1. The van der Waals surface area contributed by atoms with Crippen LogP contribution in [-0.2, 0) is 4.74 Å². The van der Waals surface area contributed by atoms with Gasteiger partial charge in [-0.05, 0) is 24.7 Å². The third-order valence-corrected chi connectivity index (χ3v) is 2.93. The number of hydrogen-bond acceptors (Lipinski definition) is 2. The lowest BCUT2D eigenvalue weighted by atomic mass is 10.0. The van der Waals surface area contributed by atoms with E-state index < -0.39 is 0 Å². The molecule has 0 amide bonds. The molecule has 0 radical (unpaired) electrons. The Hall–Kier alpha value is -0.370. The van der Waals surface area contributed by atoms with Gasteiger partial charge in [-0.15, -0.1) is 11.8 Å². The van der Waals surface area contributed by atoms with Crippen LogP contribution in [0, 0.1) is 5.92 Å². The van der Waals surface area contributed by atoms with Crippen molar-refractivity contribution in [3.63, 3.8) is 0 Å². The van der Waals surface area contributed by atoms with Gasteiger partial charge in [0.1, 0.15) is 5.76 Å². The Morgan fingerprint density at radius 1 is 1.64 bits per heavy atom. The van der Waals surface area contributed by atoms with Gasteiger partial charge >= 0.3 is 0 Å². The zero-order chi connectivity index (χ0) is 8.27. The van der Waals surface area contributed by atoms with Crippen LogP contribution in [0.1, 0.15) is 13.3 Å². The van der Waals surface area contributed by atoms with Crippen molar-refractivity contribution in [3.05, 3.63) is 22.8 Å². The second kappa shape index (κ2) is 3.86. The van der Waals surface area contributed by atoms with Crippen LogP contribution in [0.25, 0.3) is 0 Å². The molecule has 0 aromatic heterocycles. The van der Waals surface area contributed by atoms with Gasteiger partial charge in [-0.2, -0.15) is 0 Å². The molecule has 0 saturated heterocycles. The summed E-state index contributed by atoms with van der Waals surface area (Å²) in [5.74, 6) is 1.67. The van der Waals surface area contributed by atoms with Crippen LogP contribution in [-0.4, -0.2) is 13.4 Å². The van der Waals surface area contributed by atoms with E-state index in [0.29, 0.717) is 5.92 Å². The van der Waals surface area contributed by atoms with Gasteiger partial charge < -0.3 is 4.74 Å². The maximum atomic E-state index is 5.24. The Balaban J connectivity index is 2.86. The molecule has 0 saturated carbocycles. The van der Waals surface area contributed by atoms with Gasteiger partial charge in [0, 0.05) is 4.91 Å². The van der Waals surface area contributed by atoms with E-state index in [-0.39, 0.29) is 0 Å². The van der Waals surface area contributed by atoms with Gasteiger partial charge in [0.05, 0.1) is 7.11 Å². The molecule has 0 heterocycles. The second-order valence-electron chi connectivity index (χ2n) is 2.68.